The van der Waals surface area contributed by atoms with Gasteiger partial charge in [-0.05, 0) is 5.41 Å². The number of amides is 1. The Morgan fingerprint density at radius 3 is 2.53 bits per heavy atom. The van der Waals surface area contributed by atoms with Gasteiger partial charge >= 0.3 is 5.97 Å². The Morgan fingerprint density at radius 2 is 2.06 bits per heavy atom. The van der Waals surface area contributed by atoms with E-state index in [0.717, 1.165) is 0 Å². The van der Waals surface area contributed by atoms with E-state index in [1.54, 1.807) is 0 Å². The molecule has 5 nitrogen and oxygen atoms in total. The fourth-order valence-electron chi connectivity index (χ4n) is 1.71. The Morgan fingerprint density at radius 1 is 1.41 bits per heavy atom. The fourth-order valence-corrected chi connectivity index (χ4v) is 1.71. The summed E-state index contributed by atoms with van der Waals surface area (Å²) in [5.74, 6) is -0.925. The zero-order valence-corrected chi connectivity index (χ0v) is 10.5. The third-order valence-corrected chi connectivity index (χ3v) is 2.36. The molecule has 1 N–H and O–H groups in total. The maximum absolute atomic E-state index is 11.5. The number of esters is 1. The van der Waals surface area contributed by atoms with Crippen molar-refractivity contribution in [2.24, 2.45) is 5.41 Å². The van der Waals surface area contributed by atoms with Gasteiger partial charge in [-0.2, -0.15) is 0 Å². The SMILES string of the molecule is CC(C)(C)CC(=O)CC(=O)N[C@H]1CCOC1=O. The number of cyclic esters (lactones) is 1. The number of hydrogen-bond acceptors (Lipinski definition) is 4. The number of rotatable bonds is 4. The highest BCUT2D eigenvalue weighted by Gasteiger charge is 2.28. The van der Waals surface area contributed by atoms with Crippen LogP contribution in [0.2, 0.25) is 0 Å². The lowest BCUT2D eigenvalue weighted by Gasteiger charge is -2.16. The second-order valence-corrected chi connectivity index (χ2v) is 5.53. The van der Waals surface area contributed by atoms with Crippen molar-refractivity contribution in [3.63, 3.8) is 0 Å². The van der Waals surface area contributed by atoms with Gasteiger partial charge in [-0.1, -0.05) is 20.8 Å². The number of carbonyl (C=O) groups excluding carboxylic acids is 3. The molecule has 0 aromatic carbocycles. The highest BCUT2D eigenvalue weighted by atomic mass is 16.5. The van der Waals surface area contributed by atoms with Crippen molar-refractivity contribution in [2.45, 2.75) is 46.1 Å². The minimum Gasteiger partial charge on any atom is -0.464 e. The van der Waals surface area contributed by atoms with Crippen molar-refractivity contribution in [1.82, 2.24) is 5.32 Å². The maximum atomic E-state index is 11.5. The molecule has 1 rings (SSSR count). The van der Waals surface area contributed by atoms with E-state index in [0.29, 0.717) is 19.4 Å². The third-order valence-electron chi connectivity index (χ3n) is 2.36. The Balaban J connectivity index is 2.34. The van der Waals surface area contributed by atoms with E-state index in [4.69, 9.17) is 4.74 Å². The largest absolute Gasteiger partial charge is 0.464 e. The van der Waals surface area contributed by atoms with Crippen LogP contribution in [0.5, 0.6) is 0 Å². The third kappa shape index (κ3) is 4.97. The van der Waals surface area contributed by atoms with E-state index in [2.05, 4.69) is 5.32 Å². The van der Waals surface area contributed by atoms with E-state index in [1.807, 2.05) is 20.8 Å². The van der Waals surface area contributed by atoms with Gasteiger partial charge in [0.15, 0.2) is 0 Å². The fraction of sp³-hybridized carbons (Fsp3) is 0.750. The van der Waals surface area contributed by atoms with Gasteiger partial charge in [0.05, 0.1) is 13.0 Å². The molecular weight excluding hydrogens is 222 g/mol. The zero-order chi connectivity index (χ0) is 13.1. The van der Waals surface area contributed by atoms with E-state index in [-0.39, 0.29) is 17.6 Å². The van der Waals surface area contributed by atoms with Crippen LogP contribution >= 0.6 is 0 Å². The predicted octanol–water partition coefficient (Wildman–Crippen LogP) is 0.813. The van der Waals surface area contributed by atoms with Crippen LogP contribution in [-0.2, 0) is 19.1 Å². The highest BCUT2D eigenvalue weighted by molar-refractivity contribution is 5.99. The molecule has 96 valence electrons. The summed E-state index contributed by atoms with van der Waals surface area (Å²) in [6, 6.07) is -0.579. The van der Waals surface area contributed by atoms with Crippen molar-refractivity contribution >= 4 is 17.7 Å². The van der Waals surface area contributed by atoms with Gasteiger partial charge in [0.25, 0.3) is 0 Å². The van der Waals surface area contributed by atoms with Gasteiger partial charge in [0.2, 0.25) is 5.91 Å². The van der Waals surface area contributed by atoms with Crippen LogP contribution in [0.1, 0.15) is 40.0 Å². The molecule has 0 aliphatic carbocycles. The summed E-state index contributed by atoms with van der Waals surface area (Å²) in [7, 11) is 0. The van der Waals surface area contributed by atoms with Crippen molar-refractivity contribution in [1.29, 1.82) is 0 Å². The quantitative estimate of drug-likeness (QED) is 0.584. The molecule has 1 aliphatic rings. The van der Waals surface area contributed by atoms with Crippen LogP contribution in [0, 0.1) is 5.41 Å². The second-order valence-electron chi connectivity index (χ2n) is 5.53. The molecule has 1 aliphatic heterocycles. The normalized spacial score (nSPS) is 19.9. The summed E-state index contributed by atoms with van der Waals surface area (Å²) < 4.78 is 4.71. The number of hydrogen-bond donors (Lipinski definition) is 1. The van der Waals surface area contributed by atoms with E-state index in [1.165, 1.54) is 0 Å². The maximum Gasteiger partial charge on any atom is 0.328 e. The standard InChI is InChI=1S/C12H19NO4/c1-12(2,3)7-8(14)6-10(15)13-9-4-5-17-11(9)16/h9H,4-7H2,1-3H3,(H,13,15)/t9-/m0/s1. The van der Waals surface area contributed by atoms with Gasteiger partial charge in [-0.25, -0.2) is 4.79 Å². The Kier molecular flexibility index (Phi) is 4.26. The highest BCUT2D eigenvalue weighted by Crippen LogP contribution is 2.19. The van der Waals surface area contributed by atoms with Gasteiger partial charge < -0.3 is 10.1 Å². The lowest BCUT2D eigenvalue weighted by molar-refractivity contribution is -0.142. The van der Waals surface area contributed by atoms with E-state index in [9.17, 15) is 14.4 Å². The van der Waals surface area contributed by atoms with Crippen molar-refractivity contribution in [2.75, 3.05) is 6.61 Å². The number of carbonyl (C=O) groups is 3. The summed E-state index contributed by atoms with van der Waals surface area (Å²) in [6.07, 6.45) is 0.675. The molecule has 0 aromatic rings. The average molecular weight is 241 g/mol. The molecule has 1 fully saturated rings. The molecule has 0 aromatic heterocycles. The monoisotopic (exact) mass is 241 g/mol. The van der Waals surface area contributed by atoms with E-state index < -0.39 is 17.9 Å². The van der Waals surface area contributed by atoms with Crippen LogP contribution in [0.15, 0.2) is 0 Å². The molecule has 1 saturated heterocycles. The van der Waals surface area contributed by atoms with Gasteiger partial charge in [-0.3, -0.25) is 9.59 Å². The van der Waals surface area contributed by atoms with Crippen molar-refractivity contribution < 1.29 is 19.1 Å². The molecule has 0 spiro atoms. The first-order valence-electron chi connectivity index (χ1n) is 5.75. The first-order valence-corrected chi connectivity index (χ1v) is 5.75. The smallest absolute Gasteiger partial charge is 0.328 e. The zero-order valence-electron chi connectivity index (χ0n) is 10.5. The lowest BCUT2D eigenvalue weighted by Crippen LogP contribution is -2.39. The Hall–Kier alpha value is -1.39. The molecule has 1 heterocycles. The summed E-state index contributed by atoms with van der Waals surface area (Å²) in [5.41, 5.74) is -0.121. The van der Waals surface area contributed by atoms with E-state index >= 15 is 0 Å². The number of Topliss-reactive ketones (excluding diaryl/α,β-unsaturated/α-hetero) is 1. The molecule has 0 bridgehead atoms. The second kappa shape index (κ2) is 5.29. The molecule has 1 amide bonds. The molecular formula is C12H19NO4. The van der Waals surface area contributed by atoms with Crippen molar-refractivity contribution in [3.05, 3.63) is 0 Å². The first-order chi connectivity index (χ1) is 7.78. The van der Waals surface area contributed by atoms with Gasteiger partial charge in [0.1, 0.15) is 11.8 Å². The molecule has 5 heteroatoms. The number of nitrogens with one attached hydrogen (secondary N) is 1. The number of ether oxygens (including phenoxy) is 1. The summed E-state index contributed by atoms with van der Waals surface area (Å²) in [4.78, 5) is 34.2. The summed E-state index contributed by atoms with van der Waals surface area (Å²) in [6.45, 7) is 6.16. The Labute approximate surface area is 101 Å². The van der Waals surface area contributed by atoms with Crippen LogP contribution in [0.4, 0.5) is 0 Å². The van der Waals surface area contributed by atoms with Crippen LogP contribution < -0.4 is 5.32 Å². The minimum absolute atomic E-state index is 0.110. The predicted molar refractivity (Wildman–Crippen MR) is 61.2 cm³/mol. The van der Waals surface area contributed by atoms with Crippen LogP contribution in [0.3, 0.4) is 0 Å². The molecule has 1 atom stereocenters. The number of ketones is 1. The summed E-state index contributed by atoms with van der Waals surface area (Å²) in [5, 5.41) is 2.51. The molecule has 0 radical (unpaired) electrons. The first kappa shape index (κ1) is 13.7. The lowest BCUT2D eigenvalue weighted by atomic mass is 9.89. The molecule has 0 saturated carbocycles. The average Bonchev–Trinajstić information content (AvgIpc) is 2.47. The molecule has 17 heavy (non-hydrogen) atoms. The van der Waals surface area contributed by atoms with Crippen LogP contribution in [-0.4, -0.2) is 30.3 Å². The Bertz CT molecular complexity index is 330. The minimum atomic E-state index is -0.579. The van der Waals surface area contributed by atoms with Gasteiger partial charge in [0, 0.05) is 12.8 Å². The van der Waals surface area contributed by atoms with Gasteiger partial charge in [-0.15, -0.1) is 0 Å². The topological polar surface area (TPSA) is 72.5 Å². The summed E-state index contributed by atoms with van der Waals surface area (Å²) >= 11 is 0. The van der Waals surface area contributed by atoms with Crippen LogP contribution in [0.25, 0.3) is 0 Å². The molecule has 0 unspecified atom stereocenters. The van der Waals surface area contributed by atoms with Crippen molar-refractivity contribution in [3.8, 4) is 0 Å².